The summed E-state index contributed by atoms with van der Waals surface area (Å²) in [4.78, 5) is 35.8. The van der Waals surface area contributed by atoms with Crippen molar-refractivity contribution in [2.75, 3.05) is 6.61 Å². The van der Waals surface area contributed by atoms with E-state index < -0.39 is 30.2 Å². The lowest BCUT2D eigenvalue weighted by molar-refractivity contribution is -0.123. The second-order valence-electron chi connectivity index (χ2n) is 7.24. The summed E-state index contributed by atoms with van der Waals surface area (Å²) in [5, 5.41) is 2.15. The summed E-state index contributed by atoms with van der Waals surface area (Å²) in [6.07, 6.45) is 0. The van der Waals surface area contributed by atoms with Gasteiger partial charge in [-0.3, -0.25) is 14.9 Å². The van der Waals surface area contributed by atoms with Crippen LogP contribution in [0.2, 0.25) is 0 Å². The molecule has 5 nitrogen and oxygen atoms in total. The first-order chi connectivity index (χ1) is 12.6. The number of halogens is 1. The van der Waals surface area contributed by atoms with Crippen molar-refractivity contribution < 1.29 is 23.5 Å². The van der Waals surface area contributed by atoms with E-state index in [9.17, 15) is 18.8 Å². The molecule has 0 saturated carbocycles. The van der Waals surface area contributed by atoms with E-state index in [1.54, 1.807) is 19.1 Å². The van der Waals surface area contributed by atoms with Crippen LogP contribution < -0.4 is 5.32 Å². The topological polar surface area (TPSA) is 72.5 Å². The largest absolute Gasteiger partial charge is 0.452 e. The first-order valence-electron chi connectivity index (χ1n) is 8.46. The van der Waals surface area contributed by atoms with Crippen molar-refractivity contribution in [2.45, 2.75) is 33.1 Å². The molecule has 0 bridgehead atoms. The Balaban J connectivity index is 1.90. The van der Waals surface area contributed by atoms with Crippen molar-refractivity contribution in [1.29, 1.82) is 0 Å². The number of hydrogen-bond donors (Lipinski definition) is 1. The van der Waals surface area contributed by atoms with Crippen LogP contribution in [-0.2, 0) is 14.9 Å². The van der Waals surface area contributed by atoms with Crippen LogP contribution in [0.15, 0.2) is 42.5 Å². The maximum Gasteiger partial charge on any atom is 0.338 e. The minimum Gasteiger partial charge on any atom is -0.452 e. The van der Waals surface area contributed by atoms with Gasteiger partial charge in [0.1, 0.15) is 5.82 Å². The Kier molecular flexibility index (Phi) is 6.10. The van der Waals surface area contributed by atoms with E-state index in [1.165, 1.54) is 12.1 Å². The highest BCUT2D eigenvalue weighted by atomic mass is 19.1. The molecule has 2 aromatic carbocycles. The van der Waals surface area contributed by atoms with Crippen LogP contribution >= 0.6 is 0 Å². The van der Waals surface area contributed by atoms with Gasteiger partial charge in [-0.25, -0.2) is 9.18 Å². The molecule has 0 aliphatic rings. The van der Waals surface area contributed by atoms with Crippen LogP contribution in [-0.4, -0.2) is 24.4 Å². The number of benzene rings is 2. The molecule has 0 spiro atoms. The van der Waals surface area contributed by atoms with Crippen molar-refractivity contribution >= 4 is 17.8 Å². The normalized spacial score (nSPS) is 11.0. The minimum atomic E-state index is -0.842. The molecule has 0 saturated heterocycles. The highest BCUT2D eigenvalue weighted by molar-refractivity contribution is 6.05. The predicted octanol–water partition coefficient (Wildman–Crippen LogP) is 3.55. The van der Waals surface area contributed by atoms with Gasteiger partial charge >= 0.3 is 5.97 Å². The Morgan fingerprint density at radius 2 is 1.59 bits per heavy atom. The van der Waals surface area contributed by atoms with E-state index in [-0.39, 0.29) is 11.0 Å². The smallest absolute Gasteiger partial charge is 0.338 e. The molecule has 0 aliphatic carbocycles. The lowest BCUT2D eigenvalue weighted by atomic mass is 9.87. The summed E-state index contributed by atoms with van der Waals surface area (Å²) in [6, 6.07) is 10.8. The van der Waals surface area contributed by atoms with Crippen molar-refractivity contribution in [3.05, 3.63) is 70.5 Å². The van der Waals surface area contributed by atoms with E-state index in [0.29, 0.717) is 11.1 Å². The molecule has 0 unspecified atom stereocenters. The predicted molar refractivity (Wildman–Crippen MR) is 99.0 cm³/mol. The maximum absolute atomic E-state index is 13.5. The maximum atomic E-state index is 13.5. The second kappa shape index (κ2) is 8.12. The molecule has 142 valence electrons. The van der Waals surface area contributed by atoms with Gasteiger partial charge in [0.15, 0.2) is 6.61 Å². The van der Waals surface area contributed by atoms with Gasteiger partial charge in [0, 0.05) is 5.56 Å². The summed E-state index contributed by atoms with van der Waals surface area (Å²) >= 11 is 0. The Labute approximate surface area is 157 Å². The SMILES string of the molecule is Cc1ccc(C(=O)OCC(=O)NC(=O)c2ccc(C(C)(C)C)cc2)cc1F. The highest BCUT2D eigenvalue weighted by Gasteiger charge is 2.17. The quantitative estimate of drug-likeness (QED) is 0.835. The lowest BCUT2D eigenvalue weighted by Gasteiger charge is -2.19. The molecule has 0 aromatic heterocycles. The Morgan fingerprint density at radius 3 is 2.15 bits per heavy atom. The zero-order valence-corrected chi connectivity index (χ0v) is 15.8. The van der Waals surface area contributed by atoms with Crippen molar-refractivity contribution in [3.8, 4) is 0 Å². The molecule has 0 fully saturated rings. The molecule has 2 aromatic rings. The summed E-state index contributed by atoms with van der Waals surface area (Å²) in [5.74, 6) is -2.73. The van der Waals surface area contributed by atoms with E-state index in [0.717, 1.165) is 11.6 Å². The number of amides is 2. The van der Waals surface area contributed by atoms with Gasteiger partial charge in [0.05, 0.1) is 5.56 Å². The summed E-state index contributed by atoms with van der Waals surface area (Å²) in [6.45, 7) is 7.09. The number of imide groups is 1. The molecule has 0 aliphatic heterocycles. The molecule has 6 heteroatoms. The van der Waals surface area contributed by atoms with Gasteiger partial charge in [-0.1, -0.05) is 39.0 Å². The molecular formula is C21H22FNO4. The van der Waals surface area contributed by atoms with Crippen molar-refractivity contribution in [2.24, 2.45) is 0 Å². The zero-order chi connectivity index (χ0) is 20.2. The van der Waals surface area contributed by atoms with Crippen LogP contribution in [0.1, 0.15) is 52.6 Å². The van der Waals surface area contributed by atoms with Crippen LogP contribution in [0.5, 0.6) is 0 Å². The Bertz CT molecular complexity index is 867. The number of carbonyl (C=O) groups is 3. The van der Waals surface area contributed by atoms with Gasteiger partial charge in [0.2, 0.25) is 0 Å². The molecular weight excluding hydrogens is 349 g/mol. The third-order valence-electron chi connectivity index (χ3n) is 4.01. The van der Waals surface area contributed by atoms with Gasteiger partial charge < -0.3 is 4.74 Å². The third-order valence-corrected chi connectivity index (χ3v) is 4.01. The first kappa shape index (κ1) is 20.3. The fourth-order valence-electron chi connectivity index (χ4n) is 2.29. The Morgan fingerprint density at radius 1 is 1.00 bits per heavy atom. The van der Waals surface area contributed by atoms with Gasteiger partial charge in [0.25, 0.3) is 11.8 Å². The number of esters is 1. The van der Waals surface area contributed by atoms with Crippen LogP contribution in [0.4, 0.5) is 4.39 Å². The van der Waals surface area contributed by atoms with Crippen molar-refractivity contribution in [3.63, 3.8) is 0 Å². The van der Waals surface area contributed by atoms with Crippen LogP contribution in [0.3, 0.4) is 0 Å². The number of carbonyl (C=O) groups excluding carboxylic acids is 3. The molecule has 27 heavy (non-hydrogen) atoms. The standard InChI is InChI=1S/C21H22FNO4/c1-13-5-6-15(11-17(13)22)20(26)27-12-18(24)23-19(25)14-7-9-16(10-8-14)21(2,3)4/h5-11H,12H2,1-4H3,(H,23,24,25). The fraction of sp³-hybridized carbons (Fsp3) is 0.286. The zero-order valence-electron chi connectivity index (χ0n) is 15.8. The van der Waals surface area contributed by atoms with Crippen LogP contribution in [0, 0.1) is 12.7 Å². The molecule has 1 N–H and O–H groups in total. The summed E-state index contributed by atoms with van der Waals surface area (Å²) in [5.41, 5.74) is 1.73. The van der Waals surface area contributed by atoms with Crippen molar-refractivity contribution in [1.82, 2.24) is 5.32 Å². The number of aryl methyl sites for hydroxylation is 1. The van der Waals surface area contributed by atoms with E-state index in [4.69, 9.17) is 4.74 Å². The van der Waals surface area contributed by atoms with E-state index in [2.05, 4.69) is 26.1 Å². The molecule has 0 radical (unpaired) electrons. The first-order valence-corrected chi connectivity index (χ1v) is 8.46. The molecule has 2 amide bonds. The Hall–Kier alpha value is -3.02. The lowest BCUT2D eigenvalue weighted by Crippen LogP contribution is -2.34. The monoisotopic (exact) mass is 371 g/mol. The van der Waals surface area contributed by atoms with E-state index in [1.807, 2.05) is 12.1 Å². The number of nitrogens with one attached hydrogen (secondary N) is 1. The van der Waals surface area contributed by atoms with Crippen LogP contribution in [0.25, 0.3) is 0 Å². The molecule has 0 heterocycles. The highest BCUT2D eigenvalue weighted by Crippen LogP contribution is 2.22. The van der Waals surface area contributed by atoms with E-state index >= 15 is 0 Å². The van der Waals surface area contributed by atoms with Gasteiger partial charge in [-0.05, 0) is 47.7 Å². The van der Waals surface area contributed by atoms with Gasteiger partial charge in [-0.15, -0.1) is 0 Å². The third kappa shape index (κ3) is 5.48. The average Bonchev–Trinajstić information content (AvgIpc) is 2.61. The number of ether oxygens (including phenoxy) is 1. The second-order valence-corrected chi connectivity index (χ2v) is 7.24. The molecule has 2 rings (SSSR count). The fourth-order valence-corrected chi connectivity index (χ4v) is 2.29. The minimum absolute atomic E-state index is 0.00463. The summed E-state index contributed by atoms with van der Waals surface area (Å²) < 4.78 is 18.3. The summed E-state index contributed by atoms with van der Waals surface area (Å²) in [7, 11) is 0. The molecule has 0 atom stereocenters. The number of hydrogen-bond acceptors (Lipinski definition) is 4. The number of rotatable bonds is 4. The van der Waals surface area contributed by atoms with Gasteiger partial charge in [-0.2, -0.15) is 0 Å². The average molecular weight is 371 g/mol.